The predicted octanol–water partition coefficient (Wildman–Crippen LogP) is 3.78. The Kier molecular flexibility index (Phi) is 6.17. The Labute approximate surface area is 173 Å². The fourth-order valence-electron chi connectivity index (χ4n) is 3.36. The number of aromatic nitrogens is 1. The molecule has 3 aromatic rings. The summed E-state index contributed by atoms with van der Waals surface area (Å²) in [5, 5.41) is 6.71. The van der Waals surface area contributed by atoms with Gasteiger partial charge in [0.25, 0.3) is 5.91 Å². The van der Waals surface area contributed by atoms with Gasteiger partial charge in [-0.15, -0.1) is 11.3 Å². The summed E-state index contributed by atoms with van der Waals surface area (Å²) >= 11 is 1.61. The average molecular weight is 410 g/mol. The van der Waals surface area contributed by atoms with Gasteiger partial charge in [-0.05, 0) is 37.1 Å². The van der Waals surface area contributed by atoms with Crippen molar-refractivity contribution in [3.8, 4) is 0 Å². The minimum atomic E-state index is -0.206. The van der Waals surface area contributed by atoms with Gasteiger partial charge < -0.3 is 15.4 Å². The maximum absolute atomic E-state index is 12.6. The third-order valence-electron chi connectivity index (χ3n) is 4.86. The van der Waals surface area contributed by atoms with Crippen LogP contribution in [0.4, 0.5) is 5.69 Å². The fourth-order valence-corrected chi connectivity index (χ4v) is 4.32. The Bertz CT molecular complexity index is 978. The largest absolute Gasteiger partial charge is 0.376 e. The molecule has 0 spiro atoms. The van der Waals surface area contributed by atoms with Gasteiger partial charge in [0.1, 0.15) is 0 Å². The molecule has 2 amide bonds. The zero-order chi connectivity index (χ0) is 20.1. The molecule has 1 fully saturated rings. The highest BCUT2D eigenvalue weighted by molar-refractivity contribution is 7.18. The standard InChI is InChI=1S/C22H23N3O3S/c26-20(11-12-21-25-18-9-3-4-10-19(18)29-21)24-17-8-2-1-7-16(17)22(27)23-14-15-6-5-13-28-15/h1-4,7-10,15H,5-6,11-14H2,(H,23,27)(H,24,26). The molecule has 1 atom stereocenters. The Hall–Kier alpha value is -2.77. The van der Waals surface area contributed by atoms with Crippen LogP contribution in [0.3, 0.4) is 0 Å². The molecule has 1 aliphatic rings. The number of carbonyl (C=O) groups is 2. The molecular weight excluding hydrogens is 386 g/mol. The van der Waals surface area contributed by atoms with Crippen LogP contribution in [0.25, 0.3) is 10.2 Å². The van der Waals surface area contributed by atoms with Gasteiger partial charge in [0.15, 0.2) is 0 Å². The number of benzene rings is 2. The second kappa shape index (κ2) is 9.15. The van der Waals surface area contributed by atoms with Crippen LogP contribution in [0, 0.1) is 0 Å². The van der Waals surface area contributed by atoms with Crippen LogP contribution in [-0.2, 0) is 16.0 Å². The number of aryl methyl sites for hydroxylation is 1. The molecular formula is C22H23N3O3S. The number of thiazole rings is 1. The number of hydrogen-bond donors (Lipinski definition) is 2. The van der Waals surface area contributed by atoms with E-state index in [9.17, 15) is 9.59 Å². The van der Waals surface area contributed by atoms with Crippen molar-refractivity contribution >= 4 is 39.1 Å². The summed E-state index contributed by atoms with van der Waals surface area (Å²) in [5.74, 6) is -0.341. The van der Waals surface area contributed by atoms with E-state index in [1.165, 1.54) is 0 Å². The van der Waals surface area contributed by atoms with Gasteiger partial charge in [0.2, 0.25) is 5.91 Å². The Morgan fingerprint density at radius 2 is 1.97 bits per heavy atom. The fraction of sp³-hybridized carbons (Fsp3) is 0.318. The second-order valence-electron chi connectivity index (χ2n) is 7.01. The van der Waals surface area contributed by atoms with Crippen molar-refractivity contribution in [2.75, 3.05) is 18.5 Å². The van der Waals surface area contributed by atoms with Gasteiger partial charge in [-0.3, -0.25) is 9.59 Å². The van der Waals surface area contributed by atoms with Gasteiger partial charge in [0.05, 0.1) is 32.6 Å². The molecule has 29 heavy (non-hydrogen) atoms. The number of para-hydroxylation sites is 2. The van der Waals surface area contributed by atoms with E-state index < -0.39 is 0 Å². The van der Waals surface area contributed by atoms with E-state index in [0.29, 0.717) is 30.6 Å². The van der Waals surface area contributed by atoms with Crippen LogP contribution >= 0.6 is 11.3 Å². The van der Waals surface area contributed by atoms with E-state index in [0.717, 1.165) is 34.7 Å². The molecule has 150 valence electrons. The molecule has 1 saturated heterocycles. The van der Waals surface area contributed by atoms with E-state index in [1.807, 2.05) is 24.3 Å². The number of carbonyl (C=O) groups excluding carboxylic acids is 2. The van der Waals surface area contributed by atoms with E-state index in [2.05, 4.69) is 15.6 Å². The predicted molar refractivity (Wildman–Crippen MR) is 114 cm³/mol. The molecule has 4 rings (SSSR count). The maximum Gasteiger partial charge on any atom is 0.253 e. The van der Waals surface area contributed by atoms with Crippen molar-refractivity contribution in [2.45, 2.75) is 31.8 Å². The second-order valence-corrected chi connectivity index (χ2v) is 8.13. The molecule has 1 aliphatic heterocycles. The first-order valence-corrected chi connectivity index (χ1v) is 10.6. The van der Waals surface area contributed by atoms with Gasteiger partial charge >= 0.3 is 0 Å². The number of anilines is 1. The summed E-state index contributed by atoms with van der Waals surface area (Å²) in [6.07, 6.45) is 2.95. The van der Waals surface area contributed by atoms with E-state index >= 15 is 0 Å². The molecule has 1 aromatic heterocycles. The Morgan fingerprint density at radius 3 is 2.79 bits per heavy atom. The summed E-state index contributed by atoms with van der Waals surface area (Å²) in [4.78, 5) is 29.6. The lowest BCUT2D eigenvalue weighted by Crippen LogP contribution is -2.32. The van der Waals surface area contributed by atoms with Crippen LogP contribution in [0.15, 0.2) is 48.5 Å². The van der Waals surface area contributed by atoms with Crippen molar-refractivity contribution in [1.29, 1.82) is 0 Å². The van der Waals surface area contributed by atoms with Gasteiger partial charge in [-0.2, -0.15) is 0 Å². The number of rotatable bonds is 7. The van der Waals surface area contributed by atoms with Crippen LogP contribution in [0.5, 0.6) is 0 Å². The van der Waals surface area contributed by atoms with E-state index in [-0.39, 0.29) is 17.9 Å². The third kappa shape index (κ3) is 4.99. The highest BCUT2D eigenvalue weighted by Gasteiger charge is 2.18. The maximum atomic E-state index is 12.6. The highest BCUT2D eigenvalue weighted by atomic mass is 32.1. The van der Waals surface area contributed by atoms with Crippen LogP contribution in [-0.4, -0.2) is 36.1 Å². The monoisotopic (exact) mass is 409 g/mol. The third-order valence-corrected chi connectivity index (χ3v) is 5.96. The van der Waals surface area contributed by atoms with Crippen molar-refractivity contribution < 1.29 is 14.3 Å². The summed E-state index contributed by atoms with van der Waals surface area (Å²) in [6.45, 7) is 1.24. The molecule has 0 saturated carbocycles. The molecule has 6 nitrogen and oxygen atoms in total. The topological polar surface area (TPSA) is 80.3 Å². The first kappa shape index (κ1) is 19.5. The van der Waals surface area contributed by atoms with Crippen molar-refractivity contribution in [3.05, 3.63) is 59.1 Å². The molecule has 1 unspecified atom stereocenters. The molecule has 2 heterocycles. The van der Waals surface area contributed by atoms with Gasteiger partial charge in [-0.1, -0.05) is 24.3 Å². The SMILES string of the molecule is O=C(CCc1nc2ccccc2s1)Nc1ccccc1C(=O)NCC1CCCO1. The molecule has 0 aliphatic carbocycles. The van der Waals surface area contributed by atoms with Gasteiger partial charge in [-0.25, -0.2) is 4.98 Å². The molecule has 0 radical (unpaired) electrons. The van der Waals surface area contributed by atoms with E-state index in [1.54, 1.807) is 35.6 Å². The van der Waals surface area contributed by atoms with Crippen molar-refractivity contribution in [3.63, 3.8) is 0 Å². The molecule has 7 heteroatoms. The molecule has 0 bridgehead atoms. The first-order valence-electron chi connectivity index (χ1n) is 9.82. The minimum Gasteiger partial charge on any atom is -0.376 e. The number of fused-ring (bicyclic) bond motifs is 1. The normalized spacial score (nSPS) is 16.1. The number of nitrogens with one attached hydrogen (secondary N) is 2. The lowest BCUT2D eigenvalue weighted by Gasteiger charge is -2.13. The quantitative estimate of drug-likeness (QED) is 0.622. The number of amides is 2. The molecule has 2 aromatic carbocycles. The lowest BCUT2D eigenvalue weighted by atomic mass is 10.1. The first-order chi connectivity index (χ1) is 14.2. The van der Waals surface area contributed by atoms with Crippen LogP contribution in [0.1, 0.15) is 34.6 Å². The Balaban J connectivity index is 1.34. The zero-order valence-corrected chi connectivity index (χ0v) is 16.8. The number of ether oxygens (including phenoxy) is 1. The average Bonchev–Trinajstić information content (AvgIpc) is 3.40. The zero-order valence-electron chi connectivity index (χ0n) is 16.0. The van der Waals surface area contributed by atoms with Gasteiger partial charge in [0, 0.05) is 26.0 Å². The van der Waals surface area contributed by atoms with E-state index in [4.69, 9.17) is 4.74 Å². The number of hydrogen-bond acceptors (Lipinski definition) is 5. The summed E-state index contributed by atoms with van der Waals surface area (Å²) in [5.41, 5.74) is 1.94. The Morgan fingerprint density at radius 1 is 1.14 bits per heavy atom. The minimum absolute atomic E-state index is 0.0783. The molecule has 2 N–H and O–H groups in total. The lowest BCUT2D eigenvalue weighted by molar-refractivity contribution is -0.116. The van der Waals surface area contributed by atoms with Crippen LogP contribution < -0.4 is 10.6 Å². The smallest absolute Gasteiger partial charge is 0.253 e. The van der Waals surface area contributed by atoms with Crippen LogP contribution in [0.2, 0.25) is 0 Å². The van der Waals surface area contributed by atoms with Crippen molar-refractivity contribution in [1.82, 2.24) is 10.3 Å². The summed E-state index contributed by atoms with van der Waals surface area (Å²) < 4.78 is 6.66. The summed E-state index contributed by atoms with van der Waals surface area (Å²) in [7, 11) is 0. The highest BCUT2D eigenvalue weighted by Crippen LogP contribution is 2.23. The summed E-state index contributed by atoms with van der Waals surface area (Å²) in [6, 6.07) is 15.0. The number of nitrogens with zero attached hydrogens (tertiary/aromatic N) is 1. The van der Waals surface area contributed by atoms with Crippen molar-refractivity contribution in [2.24, 2.45) is 0 Å².